The zero-order valence-electron chi connectivity index (χ0n) is 11.7. The quantitative estimate of drug-likeness (QED) is 0.683. The monoisotopic (exact) mass is 305 g/mol. The number of thiocarbonyl (C=S) groups is 1. The van der Waals surface area contributed by atoms with Crippen LogP contribution in [0.1, 0.15) is 20.8 Å². The van der Waals surface area contributed by atoms with Crippen molar-refractivity contribution in [2.75, 3.05) is 19.8 Å². The van der Waals surface area contributed by atoms with E-state index >= 15 is 0 Å². The van der Waals surface area contributed by atoms with Crippen LogP contribution in [0.4, 0.5) is 0 Å². The van der Waals surface area contributed by atoms with Crippen LogP contribution in [0.5, 0.6) is 0 Å². The molecule has 0 unspecified atom stereocenters. The van der Waals surface area contributed by atoms with Gasteiger partial charge in [-0.3, -0.25) is 0 Å². The molecule has 0 aromatic carbocycles. The molecule has 3 fully saturated rings. The Morgan fingerprint density at radius 1 is 1.45 bits per heavy atom. The third-order valence-corrected chi connectivity index (χ3v) is 3.92. The summed E-state index contributed by atoms with van der Waals surface area (Å²) in [7, 11) is 0. The first-order valence-electron chi connectivity index (χ1n) is 6.63. The van der Waals surface area contributed by atoms with Crippen molar-refractivity contribution in [3.8, 4) is 0 Å². The Morgan fingerprint density at radius 3 is 2.80 bits per heavy atom. The average Bonchev–Trinajstić information content (AvgIpc) is 2.86. The molecular formula is C12H19NO6S. The molecular weight excluding hydrogens is 286 g/mol. The van der Waals surface area contributed by atoms with Gasteiger partial charge in [-0.1, -0.05) is 0 Å². The maximum atomic E-state index is 10.1. The summed E-state index contributed by atoms with van der Waals surface area (Å²) >= 11 is 5.07. The summed E-state index contributed by atoms with van der Waals surface area (Å²) in [4.78, 5) is 0. The summed E-state index contributed by atoms with van der Waals surface area (Å²) in [6, 6.07) is 0. The minimum Gasteiger partial charge on any atom is -0.459 e. The minimum atomic E-state index is -1.22. The summed E-state index contributed by atoms with van der Waals surface area (Å²) in [6.45, 7) is 6.00. The fourth-order valence-electron chi connectivity index (χ4n) is 2.96. The Balaban J connectivity index is 2.03. The average molecular weight is 305 g/mol. The highest BCUT2D eigenvalue weighted by Gasteiger charge is 2.73. The summed E-state index contributed by atoms with van der Waals surface area (Å²) in [5.74, 6) is -2.03. The zero-order valence-corrected chi connectivity index (χ0v) is 12.5. The highest BCUT2D eigenvalue weighted by atomic mass is 32.1. The lowest BCUT2D eigenvalue weighted by Gasteiger charge is -2.49. The predicted octanol–water partition coefficient (Wildman–Crippen LogP) is -0.137. The molecule has 114 valence electrons. The van der Waals surface area contributed by atoms with Crippen molar-refractivity contribution in [2.45, 2.75) is 50.3 Å². The molecule has 20 heavy (non-hydrogen) atoms. The molecule has 3 heterocycles. The first-order chi connectivity index (χ1) is 9.34. The highest BCUT2D eigenvalue weighted by Crippen LogP contribution is 2.47. The molecule has 3 rings (SSSR count). The topological polar surface area (TPSA) is 78.4 Å². The van der Waals surface area contributed by atoms with E-state index in [1.807, 2.05) is 6.92 Å². The van der Waals surface area contributed by atoms with E-state index in [0.717, 1.165) is 0 Å². The van der Waals surface area contributed by atoms with Crippen LogP contribution in [-0.2, 0) is 23.7 Å². The van der Waals surface area contributed by atoms with Gasteiger partial charge in [-0.15, -0.1) is 0 Å². The number of aliphatic hydroxyl groups excluding tert-OH is 1. The van der Waals surface area contributed by atoms with Crippen molar-refractivity contribution in [1.29, 1.82) is 0 Å². The SMILES string of the molecule is CCO[C@@]12NC(=S)O[C@@H]1[C@H](O)CO[C@]21COC(C)(C)O1. The smallest absolute Gasteiger partial charge is 0.259 e. The second-order valence-electron chi connectivity index (χ2n) is 5.54. The molecule has 8 heteroatoms. The third-order valence-electron chi connectivity index (χ3n) is 3.72. The van der Waals surface area contributed by atoms with E-state index in [2.05, 4.69) is 5.32 Å². The van der Waals surface area contributed by atoms with Crippen LogP contribution < -0.4 is 5.32 Å². The molecule has 0 amide bonds. The van der Waals surface area contributed by atoms with Gasteiger partial charge in [0.25, 0.3) is 5.17 Å². The summed E-state index contributed by atoms with van der Waals surface area (Å²) in [6.07, 6.45) is -1.58. The van der Waals surface area contributed by atoms with Gasteiger partial charge in [-0.2, -0.15) is 0 Å². The van der Waals surface area contributed by atoms with E-state index < -0.39 is 29.5 Å². The molecule has 0 aromatic rings. The lowest BCUT2D eigenvalue weighted by atomic mass is 9.90. The van der Waals surface area contributed by atoms with E-state index in [0.29, 0.717) is 6.61 Å². The van der Waals surface area contributed by atoms with Crippen molar-refractivity contribution < 1.29 is 28.8 Å². The maximum Gasteiger partial charge on any atom is 0.259 e. The lowest BCUT2D eigenvalue weighted by Crippen LogP contribution is -2.75. The highest BCUT2D eigenvalue weighted by molar-refractivity contribution is 7.80. The van der Waals surface area contributed by atoms with Gasteiger partial charge in [0.15, 0.2) is 11.9 Å². The van der Waals surface area contributed by atoms with Gasteiger partial charge in [-0.25, -0.2) is 0 Å². The number of hydrogen-bond acceptors (Lipinski definition) is 7. The van der Waals surface area contributed by atoms with Gasteiger partial charge in [-0.05, 0) is 33.0 Å². The summed E-state index contributed by atoms with van der Waals surface area (Å²) < 4.78 is 28.7. The van der Waals surface area contributed by atoms with E-state index in [1.54, 1.807) is 13.8 Å². The van der Waals surface area contributed by atoms with Crippen molar-refractivity contribution in [3.05, 3.63) is 0 Å². The molecule has 3 saturated heterocycles. The molecule has 0 aromatic heterocycles. The Morgan fingerprint density at radius 2 is 2.20 bits per heavy atom. The number of fused-ring (bicyclic) bond motifs is 2. The molecule has 3 aliphatic heterocycles. The Bertz CT molecular complexity index is 432. The number of ether oxygens (including phenoxy) is 5. The van der Waals surface area contributed by atoms with Crippen LogP contribution >= 0.6 is 12.2 Å². The molecule has 7 nitrogen and oxygen atoms in total. The van der Waals surface area contributed by atoms with E-state index in [9.17, 15) is 5.11 Å². The fraction of sp³-hybridized carbons (Fsp3) is 0.917. The van der Waals surface area contributed by atoms with Crippen LogP contribution in [0.2, 0.25) is 0 Å². The third kappa shape index (κ3) is 1.87. The Hall–Kier alpha value is -0.510. The standard InChI is InChI=1S/C12H19NO6S/c1-4-15-12-8(18-9(20)13-12)7(14)5-16-11(12)6-17-10(2,3)19-11/h7-8,14H,4-6H2,1-3H3,(H,13,20)/t7-,8-,11+,12+/m1/s1. The van der Waals surface area contributed by atoms with Crippen molar-refractivity contribution in [2.24, 2.45) is 0 Å². The van der Waals surface area contributed by atoms with Gasteiger partial charge in [0.05, 0.1) is 6.61 Å². The molecule has 0 bridgehead atoms. The molecule has 2 N–H and O–H groups in total. The van der Waals surface area contributed by atoms with E-state index in [-0.39, 0.29) is 18.4 Å². The Labute approximate surface area is 122 Å². The molecule has 3 aliphatic rings. The van der Waals surface area contributed by atoms with Gasteiger partial charge in [0.2, 0.25) is 11.5 Å². The number of aliphatic hydroxyl groups is 1. The second kappa shape index (κ2) is 4.49. The first kappa shape index (κ1) is 14.4. The number of rotatable bonds is 2. The molecule has 1 spiro atoms. The van der Waals surface area contributed by atoms with Crippen molar-refractivity contribution >= 4 is 17.4 Å². The number of hydrogen-bond donors (Lipinski definition) is 2. The fourth-order valence-corrected chi connectivity index (χ4v) is 3.22. The molecule has 0 saturated carbocycles. The number of nitrogens with one attached hydrogen (secondary N) is 1. The molecule has 0 radical (unpaired) electrons. The van der Waals surface area contributed by atoms with Gasteiger partial charge in [0.1, 0.15) is 12.7 Å². The van der Waals surface area contributed by atoms with Crippen molar-refractivity contribution in [3.63, 3.8) is 0 Å². The van der Waals surface area contributed by atoms with E-state index in [4.69, 9.17) is 35.9 Å². The lowest BCUT2D eigenvalue weighted by molar-refractivity contribution is -0.378. The van der Waals surface area contributed by atoms with Gasteiger partial charge >= 0.3 is 0 Å². The molecule has 0 aliphatic carbocycles. The Kier molecular flexibility index (Phi) is 3.24. The minimum absolute atomic E-state index is 0.0588. The second-order valence-corrected chi connectivity index (χ2v) is 5.91. The van der Waals surface area contributed by atoms with Crippen LogP contribution in [0, 0.1) is 0 Å². The summed E-state index contributed by atoms with van der Waals surface area (Å²) in [5, 5.41) is 13.3. The predicted molar refractivity (Wildman–Crippen MR) is 70.8 cm³/mol. The van der Waals surface area contributed by atoms with E-state index in [1.165, 1.54) is 0 Å². The summed E-state index contributed by atoms with van der Waals surface area (Å²) in [5.41, 5.74) is -1.22. The van der Waals surface area contributed by atoms with Crippen LogP contribution in [0.25, 0.3) is 0 Å². The van der Waals surface area contributed by atoms with Crippen LogP contribution in [-0.4, -0.2) is 59.6 Å². The van der Waals surface area contributed by atoms with Crippen LogP contribution in [0.15, 0.2) is 0 Å². The largest absolute Gasteiger partial charge is 0.459 e. The van der Waals surface area contributed by atoms with Crippen molar-refractivity contribution in [1.82, 2.24) is 5.32 Å². The van der Waals surface area contributed by atoms with Gasteiger partial charge in [0, 0.05) is 6.61 Å². The zero-order chi connectivity index (χ0) is 14.6. The van der Waals surface area contributed by atoms with Crippen LogP contribution in [0.3, 0.4) is 0 Å². The molecule has 4 atom stereocenters. The normalized spacial score (nSPS) is 46.1. The van der Waals surface area contributed by atoms with Gasteiger partial charge < -0.3 is 34.1 Å². The first-order valence-corrected chi connectivity index (χ1v) is 7.04. The maximum absolute atomic E-state index is 10.1.